The van der Waals surface area contributed by atoms with Crippen LogP contribution in [0.2, 0.25) is 0 Å². The second-order valence-electron chi connectivity index (χ2n) is 6.73. The largest absolute Gasteiger partial charge is 0.398 e. The van der Waals surface area contributed by atoms with Gasteiger partial charge in [0.25, 0.3) is 11.8 Å². The Morgan fingerprint density at radius 3 is 2.40 bits per heavy atom. The summed E-state index contributed by atoms with van der Waals surface area (Å²) in [5, 5.41) is 0. The summed E-state index contributed by atoms with van der Waals surface area (Å²) in [6.07, 6.45) is 3.89. The average molecular weight is 268 g/mol. The monoisotopic (exact) mass is 268 g/mol. The van der Waals surface area contributed by atoms with E-state index >= 15 is 0 Å². The van der Waals surface area contributed by atoms with Crippen molar-refractivity contribution in [2.75, 3.05) is 5.73 Å². The summed E-state index contributed by atoms with van der Waals surface area (Å²) in [6.45, 7) is 0. The maximum atomic E-state index is 12.6. The number of hydrogen-bond donors (Lipinski definition) is 1. The highest BCUT2D eigenvalue weighted by molar-refractivity contribution is 6.24. The molecule has 4 aliphatic rings. The number of nitrogens with two attached hydrogens (primary N) is 1. The Hall–Kier alpha value is -1.84. The number of hydrogen-bond acceptors (Lipinski definition) is 3. The highest BCUT2D eigenvalue weighted by Crippen LogP contribution is 2.67. The molecule has 1 aromatic carbocycles. The molecule has 3 saturated carbocycles. The number of rotatable bonds is 1. The second kappa shape index (κ2) is 3.25. The van der Waals surface area contributed by atoms with Gasteiger partial charge in [0.2, 0.25) is 0 Å². The summed E-state index contributed by atoms with van der Waals surface area (Å²) in [7, 11) is 0. The van der Waals surface area contributed by atoms with Gasteiger partial charge in [0.1, 0.15) is 0 Å². The molecule has 2 amide bonds. The SMILES string of the molecule is Nc1cccc2c1C(=O)N(C1C3C4CCC(C4)C31)C2=O. The van der Waals surface area contributed by atoms with E-state index in [1.165, 1.54) is 24.2 Å². The topological polar surface area (TPSA) is 63.4 Å². The van der Waals surface area contributed by atoms with Gasteiger partial charge in [-0.15, -0.1) is 0 Å². The first-order valence-corrected chi connectivity index (χ1v) is 7.45. The first kappa shape index (κ1) is 10.9. The third-order valence-electron chi connectivity index (χ3n) is 5.97. The van der Waals surface area contributed by atoms with Gasteiger partial charge in [-0.1, -0.05) is 6.07 Å². The molecule has 4 atom stereocenters. The van der Waals surface area contributed by atoms with Crippen molar-refractivity contribution in [3.63, 3.8) is 0 Å². The quantitative estimate of drug-likeness (QED) is 0.625. The molecule has 0 radical (unpaired) electrons. The number of carbonyl (C=O) groups is 2. The Kier molecular flexibility index (Phi) is 1.77. The van der Waals surface area contributed by atoms with Gasteiger partial charge in [-0.2, -0.15) is 0 Å². The van der Waals surface area contributed by atoms with E-state index in [-0.39, 0.29) is 17.9 Å². The van der Waals surface area contributed by atoms with Crippen LogP contribution in [0.5, 0.6) is 0 Å². The Bertz CT molecular complexity index is 652. The Balaban J connectivity index is 1.55. The molecule has 4 unspecified atom stereocenters. The summed E-state index contributed by atoms with van der Waals surface area (Å²) in [5.74, 6) is 2.36. The lowest BCUT2D eigenvalue weighted by molar-refractivity contribution is 0.0616. The molecular weight excluding hydrogens is 252 g/mol. The van der Waals surface area contributed by atoms with Crippen LogP contribution in [0.3, 0.4) is 0 Å². The summed E-state index contributed by atoms with van der Waals surface area (Å²) < 4.78 is 0. The number of amides is 2. The smallest absolute Gasteiger partial charge is 0.263 e. The van der Waals surface area contributed by atoms with Crippen LogP contribution in [0.4, 0.5) is 5.69 Å². The molecule has 20 heavy (non-hydrogen) atoms. The van der Waals surface area contributed by atoms with Crippen molar-refractivity contribution in [3.05, 3.63) is 29.3 Å². The summed E-state index contributed by atoms with van der Waals surface area (Å²) >= 11 is 0. The predicted molar refractivity (Wildman–Crippen MR) is 73.0 cm³/mol. The zero-order valence-corrected chi connectivity index (χ0v) is 11.1. The van der Waals surface area contributed by atoms with Gasteiger partial charge in [0.15, 0.2) is 0 Å². The molecule has 4 heteroatoms. The van der Waals surface area contributed by atoms with Crippen molar-refractivity contribution in [1.29, 1.82) is 0 Å². The summed E-state index contributed by atoms with van der Waals surface area (Å²) in [4.78, 5) is 26.7. The fourth-order valence-electron chi connectivity index (χ4n) is 5.22. The third kappa shape index (κ3) is 1.06. The van der Waals surface area contributed by atoms with E-state index in [9.17, 15) is 9.59 Å². The number of nitrogens with zero attached hydrogens (tertiary/aromatic N) is 1. The van der Waals surface area contributed by atoms with Crippen molar-refractivity contribution in [2.24, 2.45) is 23.7 Å². The molecule has 0 aromatic heterocycles. The minimum Gasteiger partial charge on any atom is -0.398 e. The number of fused-ring (bicyclic) bond motifs is 6. The standard InChI is InChI=1S/C16H16N2O2/c17-10-3-1-2-9-13(10)16(20)18(15(9)19)14-11-7-4-5-8(6-7)12(11)14/h1-3,7-8,11-12,14H,4-6,17H2. The van der Waals surface area contributed by atoms with E-state index in [4.69, 9.17) is 5.73 Å². The average Bonchev–Trinajstić information content (AvgIpc) is 2.77. The minimum atomic E-state index is -0.165. The van der Waals surface area contributed by atoms with Crippen LogP contribution in [-0.2, 0) is 0 Å². The highest BCUT2D eigenvalue weighted by Gasteiger charge is 2.69. The van der Waals surface area contributed by atoms with Gasteiger partial charge < -0.3 is 5.73 Å². The van der Waals surface area contributed by atoms with Crippen molar-refractivity contribution >= 4 is 17.5 Å². The minimum absolute atomic E-state index is 0.129. The van der Waals surface area contributed by atoms with E-state index in [1.807, 2.05) is 0 Å². The molecule has 1 aliphatic heterocycles. The number of carbonyl (C=O) groups excluding carboxylic acids is 2. The van der Waals surface area contributed by atoms with Crippen LogP contribution in [-0.4, -0.2) is 22.8 Å². The van der Waals surface area contributed by atoms with Crippen LogP contribution < -0.4 is 5.73 Å². The molecule has 0 saturated heterocycles. The van der Waals surface area contributed by atoms with Crippen LogP contribution >= 0.6 is 0 Å². The molecule has 2 N–H and O–H groups in total. The molecule has 1 aromatic rings. The first-order chi connectivity index (χ1) is 9.68. The zero-order chi connectivity index (χ0) is 13.6. The Morgan fingerprint density at radius 2 is 1.75 bits per heavy atom. The lowest BCUT2D eigenvalue weighted by atomic mass is 10.0. The molecule has 4 nitrogen and oxygen atoms in total. The highest BCUT2D eigenvalue weighted by atomic mass is 16.2. The van der Waals surface area contributed by atoms with Crippen molar-refractivity contribution in [1.82, 2.24) is 4.90 Å². The molecule has 102 valence electrons. The van der Waals surface area contributed by atoms with E-state index in [2.05, 4.69) is 0 Å². The van der Waals surface area contributed by atoms with Crippen LogP contribution in [0.15, 0.2) is 18.2 Å². The van der Waals surface area contributed by atoms with E-state index in [0.717, 1.165) is 11.8 Å². The molecule has 1 heterocycles. The van der Waals surface area contributed by atoms with Gasteiger partial charge in [-0.25, -0.2) is 0 Å². The lowest BCUT2D eigenvalue weighted by Gasteiger charge is -2.18. The van der Waals surface area contributed by atoms with Crippen LogP contribution in [0, 0.1) is 23.7 Å². The summed E-state index contributed by atoms with van der Waals surface area (Å²) in [5.41, 5.74) is 7.24. The van der Waals surface area contributed by atoms with Crippen LogP contribution in [0.25, 0.3) is 0 Å². The molecule has 5 rings (SSSR count). The maximum Gasteiger partial charge on any atom is 0.263 e. The first-order valence-electron chi connectivity index (χ1n) is 7.45. The van der Waals surface area contributed by atoms with Gasteiger partial charge in [-0.3, -0.25) is 14.5 Å². The van der Waals surface area contributed by atoms with Gasteiger partial charge >= 0.3 is 0 Å². The second-order valence-corrected chi connectivity index (χ2v) is 6.73. The fraction of sp³-hybridized carbons (Fsp3) is 0.500. The molecule has 2 bridgehead atoms. The third-order valence-corrected chi connectivity index (χ3v) is 5.97. The fourth-order valence-corrected chi connectivity index (χ4v) is 5.22. The van der Waals surface area contributed by atoms with Gasteiger partial charge in [-0.05, 0) is 55.1 Å². The van der Waals surface area contributed by atoms with Gasteiger partial charge in [0.05, 0.1) is 11.1 Å². The number of anilines is 1. The maximum absolute atomic E-state index is 12.6. The molecule has 0 spiro atoms. The number of benzene rings is 1. The summed E-state index contributed by atoms with van der Waals surface area (Å²) in [6, 6.07) is 5.33. The predicted octanol–water partition coefficient (Wildman–Crippen LogP) is 1.91. The van der Waals surface area contributed by atoms with E-state index in [0.29, 0.717) is 28.7 Å². The number of nitrogen functional groups attached to an aromatic ring is 1. The van der Waals surface area contributed by atoms with Crippen molar-refractivity contribution in [3.8, 4) is 0 Å². The Morgan fingerprint density at radius 1 is 1.05 bits per heavy atom. The molecule has 3 aliphatic carbocycles. The number of imide groups is 1. The lowest BCUT2D eigenvalue weighted by Crippen LogP contribution is -2.35. The zero-order valence-electron chi connectivity index (χ0n) is 11.1. The normalized spacial score (nSPS) is 40.2. The Labute approximate surface area is 116 Å². The van der Waals surface area contributed by atoms with Crippen molar-refractivity contribution in [2.45, 2.75) is 25.3 Å². The van der Waals surface area contributed by atoms with E-state index < -0.39 is 0 Å². The van der Waals surface area contributed by atoms with E-state index in [1.54, 1.807) is 18.2 Å². The van der Waals surface area contributed by atoms with Crippen molar-refractivity contribution < 1.29 is 9.59 Å². The molecule has 3 fully saturated rings. The van der Waals surface area contributed by atoms with Crippen LogP contribution in [0.1, 0.15) is 40.0 Å². The molecular formula is C16H16N2O2. The van der Waals surface area contributed by atoms with Gasteiger partial charge in [0, 0.05) is 11.7 Å².